The molecule has 0 saturated heterocycles. The zero-order chi connectivity index (χ0) is 11.6. The van der Waals surface area contributed by atoms with Gasteiger partial charge in [0.25, 0.3) is 0 Å². The van der Waals surface area contributed by atoms with Crippen LogP contribution in [0.15, 0.2) is 24.3 Å². The Bertz CT molecular complexity index is 468. The fourth-order valence-electron chi connectivity index (χ4n) is 2.16. The van der Waals surface area contributed by atoms with Crippen molar-refractivity contribution in [3.63, 3.8) is 0 Å². The molecule has 0 unspecified atom stereocenters. The van der Waals surface area contributed by atoms with Crippen LogP contribution in [0.25, 0.3) is 0 Å². The van der Waals surface area contributed by atoms with Crippen LogP contribution in [0.3, 0.4) is 0 Å². The molecule has 1 aromatic carbocycles. The summed E-state index contributed by atoms with van der Waals surface area (Å²) in [5, 5.41) is 0. The van der Waals surface area contributed by atoms with E-state index in [1.807, 2.05) is 31.2 Å². The summed E-state index contributed by atoms with van der Waals surface area (Å²) in [5.41, 5.74) is 2.02. The Balaban J connectivity index is 2.39. The second-order valence-electron chi connectivity index (χ2n) is 4.12. The zero-order valence-corrected chi connectivity index (χ0v) is 10.3. The molecule has 88 valence electrons. The third-order valence-corrected chi connectivity index (χ3v) is 4.84. The standard InChI is InChI=1S/C12H17NO2S/c1-2-10-16(14,15)13-9-5-7-11-6-3-4-8-12(11)13/h3-4,6,8H,2,5,7,9-10H2,1H3. The van der Waals surface area contributed by atoms with Crippen LogP contribution in [0.4, 0.5) is 5.69 Å². The first-order valence-corrected chi connectivity index (χ1v) is 7.34. The number of hydrogen-bond acceptors (Lipinski definition) is 2. The first-order chi connectivity index (χ1) is 7.65. The van der Waals surface area contributed by atoms with E-state index < -0.39 is 10.0 Å². The molecule has 16 heavy (non-hydrogen) atoms. The van der Waals surface area contributed by atoms with Crippen molar-refractivity contribution in [3.8, 4) is 0 Å². The summed E-state index contributed by atoms with van der Waals surface area (Å²) in [4.78, 5) is 0. The van der Waals surface area contributed by atoms with Crippen LogP contribution in [-0.4, -0.2) is 20.7 Å². The highest BCUT2D eigenvalue weighted by Crippen LogP contribution is 2.29. The molecule has 0 atom stereocenters. The van der Waals surface area contributed by atoms with E-state index in [1.165, 1.54) is 0 Å². The molecule has 0 N–H and O–H groups in total. The fraction of sp³-hybridized carbons (Fsp3) is 0.500. The van der Waals surface area contributed by atoms with Crippen molar-refractivity contribution in [2.24, 2.45) is 0 Å². The predicted octanol–water partition coefficient (Wildman–Crippen LogP) is 2.18. The van der Waals surface area contributed by atoms with Crippen molar-refractivity contribution in [2.45, 2.75) is 26.2 Å². The summed E-state index contributed by atoms with van der Waals surface area (Å²) in [6, 6.07) is 7.79. The molecule has 0 amide bonds. The zero-order valence-electron chi connectivity index (χ0n) is 9.52. The molecule has 0 radical (unpaired) electrons. The lowest BCUT2D eigenvalue weighted by atomic mass is 10.0. The maximum Gasteiger partial charge on any atom is 0.235 e. The van der Waals surface area contributed by atoms with Gasteiger partial charge in [0.15, 0.2) is 0 Å². The van der Waals surface area contributed by atoms with Gasteiger partial charge in [0.1, 0.15) is 0 Å². The van der Waals surface area contributed by atoms with Crippen LogP contribution in [0.1, 0.15) is 25.3 Å². The fourth-order valence-corrected chi connectivity index (χ4v) is 3.78. The number of hydrogen-bond donors (Lipinski definition) is 0. The number of fused-ring (bicyclic) bond motifs is 1. The maximum atomic E-state index is 12.1. The third-order valence-electron chi connectivity index (χ3n) is 2.87. The SMILES string of the molecule is CCCS(=O)(=O)N1CCCc2ccccc21. The van der Waals surface area contributed by atoms with Crippen molar-refractivity contribution < 1.29 is 8.42 Å². The second-order valence-corrected chi connectivity index (χ2v) is 6.13. The van der Waals surface area contributed by atoms with E-state index in [0.29, 0.717) is 13.0 Å². The Morgan fingerprint density at radius 1 is 1.31 bits per heavy atom. The summed E-state index contributed by atoms with van der Waals surface area (Å²) >= 11 is 0. The van der Waals surface area contributed by atoms with Crippen molar-refractivity contribution in [1.82, 2.24) is 0 Å². The molecule has 3 nitrogen and oxygen atoms in total. The molecule has 0 spiro atoms. The Morgan fingerprint density at radius 3 is 2.81 bits per heavy atom. The summed E-state index contributed by atoms with van der Waals surface area (Å²) in [5.74, 6) is 0.237. The molecule has 0 bridgehead atoms. The van der Waals surface area contributed by atoms with E-state index >= 15 is 0 Å². The first kappa shape index (κ1) is 11.5. The molecular weight excluding hydrogens is 222 g/mol. The lowest BCUT2D eigenvalue weighted by Crippen LogP contribution is -2.36. The number of nitrogens with zero attached hydrogens (tertiary/aromatic N) is 1. The van der Waals surface area contributed by atoms with Crippen LogP contribution in [0.5, 0.6) is 0 Å². The quantitative estimate of drug-likeness (QED) is 0.810. The van der Waals surface area contributed by atoms with E-state index in [2.05, 4.69) is 0 Å². The third kappa shape index (κ3) is 2.07. The number of benzene rings is 1. The largest absolute Gasteiger partial charge is 0.270 e. The van der Waals surface area contributed by atoms with Gasteiger partial charge < -0.3 is 0 Å². The van der Waals surface area contributed by atoms with Crippen LogP contribution < -0.4 is 4.31 Å². The van der Waals surface area contributed by atoms with Crippen LogP contribution >= 0.6 is 0 Å². The molecule has 1 aromatic rings. The molecule has 0 fully saturated rings. The molecule has 0 aromatic heterocycles. The monoisotopic (exact) mass is 239 g/mol. The topological polar surface area (TPSA) is 37.4 Å². The molecule has 0 aliphatic carbocycles. The summed E-state index contributed by atoms with van der Waals surface area (Å²) in [7, 11) is -3.11. The lowest BCUT2D eigenvalue weighted by Gasteiger charge is -2.30. The van der Waals surface area contributed by atoms with Crippen LogP contribution in [0.2, 0.25) is 0 Å². The van der Waals surface area contributed by atoms with Gasteiger partial charge in [-0.3, -0.25) is 4.31 Å². The van der Waals surface area contributed by atoms with Gasteiger partial charge in [0.2, 0.25) is 10.0 Å². The Morgan fingerprint density at radius 2 is 2.06 bits per heavy atom. The average Bonchev–Trinajstić information content (AvgIpc) is 2.28. The highest BCUT2D eigenvalue weighted by atomic mass is 32.2. The molecule has 4 heteroatoms. The van der Waals surface area contributed by atoms with Gasteiger partial charge in [0.05, 0.1) is 11.4 Å². The van der Waals surface area contributed by atoms with Gasteiger partial charge in [-0.2, -0.15) is 0 Å². The number of sulfonamides is 1. The Hall–Kier alpha value is -1.03. The number of anilines is 1. The molecule has 1 heterocycles. The molecule has 2 rings (SSSR count). The van der Waals surface area contributed by atoms with E-state index in [0.717, 1.165) is 24.1 Å². The van der Waals surface area contributed by atoms with Crippen molar-refractivity contribution >= 4 is 15.7 Å². The summed E-state index contributed by atoms with van der Waals surface area (Å²) in [6.45, 7) is 2.52. The summed E-state index contributed by atoms with van der Waals surface area (Å²) < 4.78 is 25.7. The predicted molar refractivity (Wildman–Crippen MR) is 66.2 cm³/mol. The van der Waals surface area contributed by atoms with Crippen molar-refractivity contribution in [1.29, 1.82) is 0 Å². The van der Waals surface area contributed by atoms with Gasteiger partial charge in [0, 0.05) is 6.54 Å². The maximum absolute atomic E-state index is 12.1. The Kier molecular flexibility index (Phi) is 3.19. The lowest BCUT2D eigenvalue weighted by molar-refractivity contribution is 0.585. The van der Waals surface area contributed by atoms with Crippen LogP contribution in [0, 0.1) is 0 Å². The van der Waals surface area contributed by atoms with Crippen molar-refractivity contribution in [2.75, 3.05) is 16.6 Å². The number of para-hydroxylation sites is 1. The molecule has 1 aliphatic heterocycles. The van der Waals surface area contributed by atoms with Gasteiger partial charge in [-0.15, -0.1) is 0 Å². The molecular formula is C12H17NO2S. The minimum absolute atomic E-state index is 0.237. The van der Waals surface area contributed by atoms with E-state index in [9.17, 15) is 8.42 Å². The van der Waals surface area contributed by atoms with Gasteiger partial charge in [-0.1, -0.05) is 25.1 Å². The van der Waals surface area contributed by atoms with E-state index in [4.69, 9.17) is 0 Å². The first-order valence-electron chi connectivity index (χ1n) is 5.73. The summed E-state index contributed by atoms with van der Waals surface area (Å²) in [6.07, 6.45) is 2.56. The molecule has 1 aliphatic rings. The average molecular weight is 239 g/mol. The minimum Gasteiger partial charge on any atom is -0.270 e. The smallest absolute Gasteiger partial charge is 0.235 e. The number of rotatable bonds is 3. The van der Waals surface area contributed by atoms with E-state index in [1.54, 1.807) is 4.31 Å². The van der Waals surface area contributed by atoms with Crippen LogP contribution in [-0.2, 0) is 16.4 Å². The highest BCUT2D eigenvalue weighted by molar-refractivity contribution is 7.92. The highest BCUT2D eigenvalue weighted by Gasteiger charge is 2.25. The van der Waals surface area contributed by atoms with E-state index in [-0.39, 0.29) is 5.75 Å². The normalized spacial score (nSPS) is 15.9. The van der Waals surface area contributed by atoms with Gasteiger partial charge >= 0.3 is 0 Å². The molecule has 0 saturated carbocycles. The van der Waals surface area contributed by atoms with Gasteiger partial charge in [-0.05, 0) is 30.9 Å². The second kappa shape index (κ2) is 4.45. The Labute approximate surface area is 97.1 Å². The number of aryl methyl sites for hydroxylation is 1. The minimum atomic E-state index is -3.11. The van der Waals surface area contributed by atoms with Crippen molar-refractivity contribution in [3.05, 3.63) is 29.8 Å². The van der Waals surface area contributed by atoms with Gasteiger partial charge in [-0.25, -0.2) is 8.42 Å².